The molecule has 0 aliphatic heterocycles. The highest BCUT2D eigenvalue weighted by atomic mass is 16.5. The predicted molar refractivity (Wildman–Crippen MR) is 73.6 cm³/mol. The largest absolute Gasteiger partial charge is 0.497 e. The highest BCUT2D eigenvalue weighted by Gasteiger charge is 2.05. The zero-order valence-electron chi connectivity index (χ0n) is 11.3. The molecule has 1 heterocycles. The van der Waals surface area contributed by atoms with Gasteiger partial charge in [0.2, 0.25) is 0 Å². The summed E-state index contributed by atoms with van der Waals surface area (Å²) < 4.78 is 10.5. The minimum absolute atomic E-state index is 0.604. The Morgan fingerprint density at radius 1 is 1.16 bits per heavy atom. The second-order valence-corrected chi connectivity index (χ2v) is 4.01. The summed E-state index contributed by atoms with van der Waals surface area (Å²) in [6.07, 6.45) is 1.75. The summed E-state index contributed by atoms with van der Waals surface area (Å²) in [5.41, 5.74) is 1.80. The number of hydrogen-bond donors (Lipinski definition) is 1. The number of rotatable bonds is 5. The molecule has 0 unspecified atom stereocenters. The molecule has 1 aromatic carbocycles. The van der Waals surface area contributed by atoms with Gasteiger partial charge >= 0.3 is 0 Å². The molecule has 5 heteroatoms. The van der Waals surface area contributed by atoms with Gasteiger partial charge in [-0.3, -0.25) is 0 Å². The van der Waals surface area contributed by atoms with Crippen molar-refractivity contribution in [2.45, 2.75) is 13.5 Å². The van der Waals surface area contributed by atoms with Gasteiger partial charge in [0.1, 0.15) is 17.3 Å². The van der Waals surface area contributed by atoms with Crippen LogP contribution in [-0.2, 0) is 6.54 Å². The normalized spacial score (nSPS) is 10.1. The maximum atomic E-state index is 5.31. The summed E-state index contributed by atoms with van der Waals surface area (Å²) in [4.78, 5) is 8.41. The van der Waals surface area contributed by atoms with E-state index in [2.05, 4.69) is 15.3 Å². The van der Waals surface area contributed by atoms with Gasteiger partial charge in [-0.15, -0.1) is 0 Å². The van der Waals surface area contributed by atoms with Gasteiger partial charge in [0.15, 0.2) is 0 Å². The van der Waals surface area contributed by atoms with Crippen molar-refractivity contribution >= 4 is 5.69 Å². The van der Waals surface area contributed by atoms with E-state index in [1.54, 1.807) is 20.4 Å². The molecule has 1 aromatic heterocycles. The number of benzene rings is 1. The minimum Gasteiger partial charge on any atom is -0.497 e. The van der Waals surface area contributed by atoms with Crippen LogP contribution in [0.3, 0.4) is 0 Å². The Labute approximate surface area is 112 Å². The van der Waals surface area contributed by atoms with Crippen LogP contribution in [0.5, 0.6) is 11.5 Å². The number of aryl methyl sites for hydroxylation is 1. The SMILES string of the molecule is COc1ccc(OC)c(NCc2ccnc(C)n2)c1. The molecule has 0 saturated heterocycles. The Balaban J connectivity index is 2.14. The fourth-order valence-corrected chi connectivity index (χ4v) is 1.74. The standard InChI is InChI=1S/C14H17N3O2/c1-10-15-7-6-11(17-10)9-16-13-8-12(18-2)4-5-14(13)19-3/h4-8,16H,9H2,1-3H3. The average molecular weight is 259 g/mol. The van der Waals surface area contributed by atoms with Gasteiger partial charge in [-0.05, 0) is 25.1 Å². The molecular weight excluding hydrogens is 242 g/mol. The summed E-state index contributed by atoms with van der Waals surface area (Å²) in [7, 11) is 3.28. The Morgan fingerprint density at radius 2 is 2.00 bits per heavy atom. The van der Waals surface area contributed by atoms with Crippen molar-refractivity contribution in [2.75, 3.05) is 19.5 Å². The Kier molecular flexibility index (Phi) is 4.18. The van der Waals surface area contributed by atoms with Crippen molar-refractivity contribution in [1.29, 1.82) is 0 Å². The van der Waals surface area contributed by atoms with Crippen LogP contribution in [0.15, 0.2) is 30.5 Å². The van der Waals surface area contributed by atoms with Crippen LogP contribution in [0.1, 0.15) is 11.5 Å². The summed E-state index contributed by atoms with van der Waals surface area (Å²) >= 11 is 0. The Bertz CT molecular complexity index is 558. The Hall–Kier alpha value is -2.30. The quantitative estimate of drug-likeness (QED) is 0.893. The van der Waals surface area contributed by atoms with E-state index in [1.807, 2.05) is 31.2 Å². The van der Waals surface area contributed by atoms with Gasteiger partial charge in [-0.1, -0.05) is 0 Å². The zero-order chi connectivity index (χ0) is 13.7. The van der Waals surface area contributed by atoms with Crippen LogP contribution in [-0.4, -0.2) is 24.2 Å². The van der Waals surface area contributed by atoms with E-state index in [4.69, 9.17) is 9.47 Å². The molecular formula is C14H17N3O2. The first kappa shape index (κ1) is 13.1. The van der Waals surface area contributed by atoms with Crippen molar-refractivity contribution in [1.82, 2.24) is 9.97 Å². The summed E-state index contributed by atoms with van der Waals surface area (Å²) in [5.74, 6) is 2.31. The molecule has 0 aliphatic rings. The molecule has 2 rings (SSSR count). The van der Waals surface area contributed by atoms with Crippen LogP contribution in [0, 0.1) is 6.92 Å². The lowest BCUT2D eigenvalue weighted by Crippen LogP contribution is -2.04. The first-order valence-corrected chi connectivity index (χ1v) is 5.97. The number of aromatic nitrogens is 2. The molecule has 5 nitrogen and oxygen atoms in total. The van der Waals surface area contributed by atoms with Crippen molar-refractivity contribution in [3.05, 3.63) is 42.0 Å². The van der Waals surface area contributed by atoms with Gasteiger partial charge in [-0.2, -0.15) is 0 Å². The second kappa shape index (κ2) is 6.04. The fraction of sp³-hybridized carbons (Fsp3) is 0.286. The number of methoxy groups -OCH3 is 2. The average Bonchev–Trinajstić information content (AvgIpc) is 2.45. The van der Waals surface area contributed by atoms with E-state index in [1.165, 1.54) is 0 Å². The third-order valence-corrected chi connectivity index (χ3v) is 2.70. The highest BCUT2D eigenvalue weighted by Crippen LogP contribution is 2.29. The molecule has 0 amide bonds. The second-order valence-electron chi connectivity index (χ2n) is 4.01. The lowest BCUT2D eigenvalue weighted by Gasteiger charge is -2.12. The first-order chi connectivity index (χ1) is 9.22. The van der Waals surface area contributed by atoms with E-state index >= 15 is 0 Å². The lowest BCUT2D eigenvalue weighted by molar-refractivity contribution is 0.404. The number of anilines is 1. The van der Waals surface area contributed by atoms with Crippen molar-refractivity contribution < 1.29 is 9.47 Å². The molecule has 19 heavy (non-hydrogen) atoms. The van der Waals surface area contributed by atoms with Crippen LogP contribution in [0.25, 0.3) is 0 Å². The summed E-state index contributed by atoms with van der Waals surface area (Å²) in [6, 6.07) is 7.50. The molecule has 0 fully saturated rings. The van der Waals surface area contributed by atoms with Crippen molar-refractivity contribution in [3.8, 4) is 11.5 Å². The van der Waals surface area contributed by atoms with Crippen LogP contribution < -0.4 is 14.8 Å². The molecule has 0 bridgehead atoms. The van der Waals surface area contributed by atoms with Crippen molar-refractivity contribution in [3.63, 3.8) is 0 Å². The zero-order valence-corrected chi connectivity index (χ0v) is 11.3. The first-order valence-electron chi connectivity index (χ1n) is 5.97. The maximum absolute atomic E-state index is 5.31. The molecule has 0 spiro atoms. The third kappa shape index (κ3) is 3.34. The van der Waals surface area contributed by atoms with E-state index in [0.29, 0.717) is 6.54 Å². The van der Waals surface area contributed by atoms with Crippen LogP contribution in [0.4, 0.5) is 5.69 Å². The molecule has 0 atom stereocenters. The van der Waals surface area contributed by atoms with Crippen LogP contribution >= 0.6 is 0 Å². The van der Waals surface area contributed by atoms with Gasteiger partial charge in [0.05, 0.1) is 32.1 Å². The molecule has 2 aromatic rings. The van der Waals surface area contributed by atoms with Crippen LogP contribution in [0.2, 0.25) is 0 Å². The van der Waals surface area contributed by atoms with E-state index in [0.717, 1.165) is 28.7 Å². The number of hydrogen-bond acceptors (Lipinski definition) is 5. The Morgan fingerprint density at radius 3 is 2.68 bits per heavy atom. The third-order valence-electron chi connectivity index (χ3n) is 2.70. The lowest BCUT2D eigenvalue weighted by atomic mass is 10.2. The van der Waals surface area contributed by atoms with E-state index in [9.17, 15) is 0 Å². The van der Waals surface area contributed by atoms with Crippen molar-refractivity contribution in [2.24, 2.45) is 0 Å². The molecule has 0 saturated carbocycles. The molecule has 1 N–H and O–H groups in total. The monoisotopic (exact) mass is 259 g/mol. The van der Waals surface area contributed by atoms with Gasteiger partial charge in [-0.25, -0.2) is 9.97 Å². The van der Waals surface area contributed by atoms with E-state index in [-0.39, 0.29) is 0 Å². The predicted octanol–water partition coefficient (Wildman–Crippen LogP) is 2.41. The van der Waals surface area contributed by atoms with Gasteiger partial charge in [0.25, 0.3) is 0 Å². The number of ether oxygens (including phenoxy) is 2. The maximum Gasteiger partial charge on any atom is 0.142 e. The molecule has 0 aliphatic carbocycles. The fourth-order valence-electron chi connectivity index (χ4n) is 1.74. The minimum atomic E-state index is 0.604. The van der Waals surface area contributed by atoms with Gasteiger partial charge < -0.3 is 14.8 Å². The summed E-state index contributed by atoms with van der Waals surface area (Å²) in [6.45, 7) is 2.47. The number of nitrogens with zero attached hydrogens (tertiary/aromatic N) is 2. The summed E-state index contributed by atoms with van der Waals surface area (Å²) in [5, 5.41) is 3.29. The van der Waals surface area contributed by atoms with E-state index < -0.39 is 0 Å². The topological polar surface area (TPSA) is 56.3 Å². The molecule has 0 radical (unpaired) electrons. The highest BCUT2D eigenvalue weighted by molar-refractivity contribution is 5.59. The molecule has 100 valence electrons. The number of nitrogens with one attached hydrogen (secondary N) is 1. The smallest absolute Gasteiger partial charge is 0.142 e. The van der Waals surface area contributed by atoms with Gasteiger partial charge in [0, 0.05) is 12.3 Å².